The van der Waals surface area contributed by atoms with Crippen LogP contribution >= 0.6 is 0 Å². The minimum Gasteiger partial charge on any atom is -0.441 e. The van der Waals surface area contributed by atoms with Gasteiger partial charge >= 0.3 is 6.18 Å². The van der Waals surface area contributed by atoms with Crippen molar-refractivity contribution in [3.63, 3.8) is 0 Å². The predicted molar refractivity (Wildman–Crippen MR) is 93.0 cm³/mol. The van der Waals surface area contributed by atoms with Crippen LogP contribution in [-0.4, -0.2) is 46.4 Å². The number of aliphatic hydroxyl groups is 1. The van der Waals surface area contributed by atoms with E-state index in [4.69, 9.17) is 9.15 Å². The van der Waals surface area contributed by atoms with Crippen molar-refractivity contribution in [3.05, 3.63) is 41.3 Å². The lowest BCUT2D eigenvalue weighted by Crippen LogP contribution is -2.29. The Balaban J connectivity index is 1.74. The number of alkyl halides is 3. The maximum atomic E-state index is 12.9. The van der Waals surface area contributed by atoms with Crippen LogP contribution in [0.15, 0.2) is 28.7 Å². The number of hydrogen-bond donors (Lipinski definition) is 1. The van der Waals surface area contributed by atoms with Gasteiger partial charge in [-0.1, -0.05) is 6.07 Å². The van der Waals surface area contributed by atoms with Crippen molar-refractivity contribution in [2.45, 2.75) is 51.8 Å². The van der Waals surface area contributed by atoms with Gasteiger partial charge in [0.1, 0.15) is 5.76 Å². The lowest BCUT2D eigenvalue weighted by molar-refractivity contribution is -0.137. The molecule has 2 heterocycles. The van der Waals surface area contributed by atoms with Gasteiger partial charge in [0.05, 0.1) is 29.6 Å². The summed E-state index contributed by atoms with van der Waals surface area (Å²) >= 11 is 0. The predicted octanol–water partition coefficient (Wildman–Crippen LogP) is 3.64. The molecule has 1 saturated heterocycles. The molecular formula is C19H23F3N2O3. The van der Waals surface area contributed by atoms with Gasteiger partial charge in [-0.15, -0.1) is 0 Å². The summed E-state index contributed by atoms with van der Waals surface area (Å²) in [7, 11) is 0. The number of hydrogen-bond acceptors (Lipinski definition) is 5. The lowest BCUT2D eigenvalue weighted by Gasteiger charge is -2.17. The monoisotopic (exact) mass is 384 g/mol. The second-order valence-corrected chi connectivity index (χ2v) is 7.09. The third-order valence-corrected chi connectivity index (χ3v) is 4.46. The number of likely N-dealkylation sites (tertiary alicyclic amines) is 1. The summed E-state index contributed by atoms with van der Waals surface area (Å²) in [4.78, 5) is 6.38. The van der Waals surface area contributed by atoms with Crippen LogP contribution < -0.4 is 0 Å². The van der Waals surface area contributed by atoms with Gasteiger partial charge in [-0.3, -0.25) is 4.90 Å². The van der Waals surface area contributed by atoms with Crippen molar-refractivity contribution in [1.29, 1.82) is 0 Å². The highest BCUT2D eigenvalue weighted by Crippen LogP contribution is 2.32. The van der Waals surface area contributed by atoms with Crippen LogP contribution in [-0.2, 0) is 17.5 Å². The molecule has 1 aromatic carbocycles. The van der Waals surface area contributed by atoms with E-state index >= 15 is 0 Å². The molecule has 1 aromatic heterocycles. The smallest absolute Gasteiger partial charge is 0.416 e. The van der Waals surface area contributed by atoms with E-state index < -0.39 is 17.8 Å². The Kier molecular flexibility index (Phi) is 5.60. The molecule has 148 valence electrons. The maximum Gasteiger partial charge on any atom is 0.416 e. The number of aryl methyl sites for hydroxylation is 1. The number of halogens is 3. The minimum absolute atomic E-state index is 0.0194. The summed E-state index contributed by atoms with van der Waals surface area (Å²) in [6.07, 6.45) is -5.24. The van der Waals surface area contributed by atoms with Crippen molar-refractivity contribution < 1.29 is 27.4 Å². The SMILES string of the molecule is Cc1oc(-c2cccc(C(F)(F)F)c2)nc1CN1CC(O)C(OC(C)C)C1. The molecule has 1 aliphatic rings. The van der Waals surface area contributed by atoms with Gasteiger partial charge in [0.25, 0.3) is 0 Å². The number of oxazole rings is 1. The summed E-state index contributed by atoms with van der Waals surface area (Å²) in [6, 6.07) is 4.92. The maximum absolute atomic E-state index is 12.9. The van der Waals surface area contributed by atoms with Crippen molar-refractivity contribution in [3.8, 4) is 11.5 Å². The van der Waals surface area contributed by atoms with Crippen molar-refractivity contribution in [1.82, 2.24) is 9.88 Å². The zero-order valence-corrected chi connectivity index (χ0v) is 15.5. The molecule has 2 unspecified atom stereocenters. The summed E-state index contributed by atoms with van der Waals surface area (Å²) in [5, 5.41) is 10.1. The van der Waals surface area contributed by atoms with E-state index in [0.29, 0.717) is 31.1 Å². The number of benzene rings is 1. The Morgan fingerprint density at radius 1 is 1.33 bits per heavy atom. The number of nitrogens with zero attached hydrogens (tertiary/aromatic N) is 2. The highest BCUT2D eigenvalue weighted by molar-refractivity contribution is 5.55. The van der Waals surface area contributed by atoms with Crippen molar-refractivity contribution in [2.24, 2.45) is 0 Å². The number of aliphatic hydroxyl groups excluding tert-OH is 1. The van der Waals surface area contributed by atoms with Crippen molar-refractivity contribution >= 4 is 0 Å². The van der Waals surface area contributed by atoms with Gasteiger partial charge < -0.3 is 14.3 Å². The van der Waals surface area contributed by atoms with E-state index in [1.807, 2.05) is 18.7 Å². The van der Waals surface area contributed by atoms with Crippen LogP contribution in [0.5, 0.6) is 0 Å². The van der Waals surface area contributed by atoms with Gasteiger partial charge in [-0.05, 0) is 39.0 Å². The highest BCUT2D eigenvalue weighted by atomic mass is 19.4. The first kappa shape index (κ1) is 19.9. The van der Waals surface area contributed by atoms with Gasteiger partial charge in [-0.2, -0.15) is 13.2 Å². The van der Waals surface area contributed by atoms with Gasteiger partial charge in [0, 0.05) is 25.2 Å². The Morgan fingerprint density at radius 3 is 2.74 bits per heavy atom. The van der Waals surface area contributed by atoms with Crippen LogP contribution in [0.2, 0.25) is 0 Å². The molecule has 0 amide bonds. The van der Waals surface area contributed by atoms with Crippen LogP contribution in [0.3, 0.4) is 0 Å². The number of β-amino-alcohol motifs (C(OH)–C–C–N with tert-alkyl or cyclic N) is 1. The summed E-state index contributed by atoms with van der Waals surface area (Å²) in [6.45, 7) is 7.00. The normalized spacial score (nSPS) is 21.3. The quantitative estimate of drug-likeness (QED) is 0.853. The largest absolute Gasteiger partial charge is 0.441 e. The molecule has 1 aliphatic heterocycles. The first-order valence-corrected chi connectivity index (χ1v) is 8.83. The van der Waals surface area contributed by atoms with E-state index in [1.54, 1.807) is 6.92 Å². The Bertz CT molecular complexity index is 789. The molecule has 2 aromatic rings. The average molecular weight is 384 g/mol. The Hall–Kier alpha value is -1.90. The molecule has 1 fully saturated rings. The van der Waals surface area contributed by atoms with Gasteiger partial charge in [-0.25, -0.2) is 4.98 Å². The van der Waals surface area contributed by atoms with Crippen molar-refractivity contribution in [2.75, 3.05) is 13.1 Å². The fourth-order valence-electron chi connectivity index (χ4n) is 3.18. The summed E-state index contributed by atoms with van der Waals surface area (Å²) in [5.41, 5.74) is 0.176. The van der Waals surface area contributed by atoms with Crippen LogP contribution in [0, 0.1) is 6.92 Å². The molecule has 2 atom stereocenters. The second kappa shape index (κ2) is 7.61. The lowest BCUT2D eigenvalue weighted by atomic mass is 10.1. The van der Waals surface area contributed by atoms with E-state index in [-0.39, 0.29) is 23.7 Å². The Labute approximate surface area is 155 Å². The molecule has 8 heteroatoms. The van der Waals surface area contributed by atoms with E-state index in [1.165, 1.54) is 12.1 Å². The number of ether oxygens (including phenoxy) is 1. The third-order valence-electron chi connectivity index (χ3n) is 4.46. The molecule has 0 aliphatic carbocycles. The zero-order chi connectivity index (χ0) is 19.8. The molecule has 27 heavy (non-hydrogen) atoms. The molecule has 1 N–H and O–H groups in total. The fraction of sp³-hybridized carbons (Fsp3) is 0.526. The standard InChI is InChI=1S/C19H23F3N2O3/c1-11(2)26-17-10-24(9-16(17)25)8-15-12(3)27-18(23-15)13-5-4-6-14(7-13)19(20,21)22/h4-7,11,16-17,25H,8-10H2,1-3H3. The first-order valence-electron chi connectivity index (χ1n) is 8.83. The summed E-state index contributed by atoms with van der Waals surface area (Å²) in [5.74, 6) is 0.702. The van der Waals surface area contributed by atoms with Crippen LogP contribution in [0.25, 0.3) is 11.5 Å². The average Bonchev–Trinajstić information content (AvgIpc) is 3.10. The van der Waals surface area contributed by atoms with Crippen LogP contribution in [0.1, 0.15) is 30.9 Å². The summed E-state index contributed by atoms with van der Waals surface area (Å²) < 4.78 is 50.0. The highest BCUT2D eigenvalue weighted by Gasteiger charge is 2.34. The number of aromatic nitrogens is 1. The zero-order valence-electron chi connectivity index (χ0n) is 15.5. The molecular weight excluding hydrogens is 361 g/mol. The Morgan fingerprint density at radius 2 is 2.07 bits per heavy atom. The topological polar surface area (TPSA) is 58.7 Å². The van der Waals surface area contributed by atoms with Crippen LogP contribution in [0.4, 0.5) is 13.2 Å². The van der Waals surface area contributed by atoms with E-state index in [2.05, 4.69) is 4.98 Å². The molecule has 0 bridgehead atoms. The molecule has 3 rings (SSSR count). The number of rotatable bonds is 5. The molecule has 0 saturated carbocycles. The van der Waals surface area contributed by atoms with Gasteiger partial charge in [0.15, 0.2) is 0 Å². The van der Waals surface area contributed by atoms with E-state index in [0.717, 1.165) is 12.1 Å². The molecule has 5 nitrogen and oxygen atoms in total. The second-order valence-electron chi connectivity index (χ2n) is 7.09. The fourth-order valence-corrected chi connectivity index (χ4v) is 3.18. The van der Waals surface area contributed by atoms with Gasteiger partial charge in [0.2, 0.25) is 5.89 Å². The van der Waals surface area contributed by atoms with E-state index in [9.17, 15) is 18.3 Å². The third kappa shape index (κ3) is 4.69. The molecule has 0 radical (unpaired) electrons. The first-order chi connectivity index (χ1) is 12.6. The minimum atomic E-state index is -4.42. The molecule has 0 spiro atoms.